The first kappa shape index (κ1) is 14.5. The summed E-state index contributed by atoms with van der Waals surface area (Å²) in [4.78, 5) is 16.4. The van der Waals surface area contributed by atoms with Crippen LogP contribution in [0.1, 0.15) is 33.1 Å². The highest BCUT2D eigenvalue weighted by molar-refractivity contribution is 5.82. The zero-order chi connectivity index (χ0) is 13.0. The van der Waals surface area contributed by atoms with Crippen LogP contribution >= 0.6 is 0 Å². The minimum atomic E-state index is -0.322. The van der Waals surface area contributed by atoms with Crippen LogP contribution in [0.4, 0.5) is 0 Å². The van der Waals surface area contributed by atoms with Gasteiger partial charge in [-0.1, -0.05) is 13.8 Å². The number of amides is 1. The molecule has 0 aliphatic carbocycles. The Morgan fingerprint density at radius 2 is 2.12 bits per heavy atom. The Balaban J connectivity index is 2.55. The first-order valence-corrected chi connectivity index (χ1v) is 6.62. The summed E-state index contributed by atoms with van der Waals surface area (Å²) in [5.74, 6) is 0.618. The molecule has 4 heteroatoms. The molecule has 2 N–H and O–H groups in total. The first-order chi connectivity index (χ1) is 7.91. The van der Waals surface area contributed by atoms with E-state index in [0.717, 1.165) is 32.4 Å². The minimum Gasteiger partial charge on any atom is -0.337 e. The number of hydrogen-bond acceptors (Lipinski definition) is 3. The SMILES string of the molecule is CC(C)C[C@@H](N)C(=O)N1CCCC1CN(C)C. The molecule has 1 rings (SSSR count). The lowest BCUT2D eigenvalue weighted by Gasteiger charge is -2.29. The van der Waals surface area contributed by atoms with Gasteiger partial charge in [0.2, 0.25) is 5.91 Å². The number of hydrogen-bond donors (Lipinski definition) is 1. The van der Waals surface area contributed by atoms with E-state index in [-0.39, 0.29) is 11.9 Å². The Morgan fingerprint density at radius 1 is 1.47 bits per heavy atom. The van der Waals surface area contributed by atoms with E-state index in [2.05, 4.69) is 32.8 Å². The predicted octanol–water partition coefficient (Wildman–Crippen LogP) is 0.912. The summed E-state index contributed by atoms with van der Waals surface area (Å²) < 4.78 is 0. The zero-order valence-corrected chi connectivity index (χ0v) is 11.6. The maximum atomic E-state index is 12.3. The van der Waals surface area contributed by atoms with Crippen LogP contribution in [0, 0.1) is 5.92 Å². The van der Waals surface area contributed by atoms with Crippen molar-refractivity contribution in [3.63, 3.8) is 0 Å². The molecule has 1 fully saturated rings. The largest absolute Gasteiger partial charge is 0.337 e. The highest BCUT2D eigenvalue weighted by Gasteiger charge is 2.31. The molecule has 1 aliphatic heterocycles. The summed E-state index contributed by atoms with van der Waals surface area (Å²) >= 11 is 0. The Bertz CT molecular complexity index is 253. The van der Waals surface area contributed by atoms with Crippen molar-refractivity contribution in [1.82, 2.24) is 9.80 Å². The van der Waals surface area contributed by atoms with E-state index < -0.39 is 0 Å². The van der Waals surface area contributed by atoms with Crippen LogP contribution in [0.25, 0.3) is 0 Å². The lowest BCUT2D eigenvalue weighted by Crippen LogP contribution is -2.49. The molecule has 0 aromatic carbocycles. The number of nitrogens with two attached hydrogens (primary N) is 1. The first-order valence-electron chi connectivity index (χ1n) is 6.62. The van der Waals surface area contributed by atoms with Gasteiger partial charge < -0.3 is 15.5 Å². The molecule has 0 radical (unpaired) electrons. The monoisotopic (exact) mass is 241 g/mol. The van der Waals surface area contributed by atoms with E-state index in [1.807, 2.05) is 4.90 Å². The molecule has 0 aromatic heterocycles. The normalized spacial score (nSPS) is 22.5. The van der Waals surface area contributed by atoms with Crippen LogP contribution in [-0.4, -0.2) is 55.0 Å². The van der Waals surface area contributed by atoms with Crippen LogP contribution in [0.2, 0.25) is 0 Å². The molecule has 1 aliphatic rings. The molecule has 0 bridgehead atoms. The molecule has 2 atom stereocenters. The van der Waals surface area contributed by atoms with E-state index in [1.165, 1.54) is 0 Å². The maximum Gasteiger partial charge on any atom is 0.239 e. The van der Waals surface area contributed by atoms with Gasteiger partial charge in [-0.3, -0.25) is 4.79 Å². The van der Waals surface area contributed by atoms with Crippen molar-refractivity contribution in [2.75, 3.05) is 27.2 Å². The van der Waals surface area contributed by atoms with Crippen LogP contribution in [0.3, 0.4) is 0 Å². The van der Waals surface area contributed by atoms with Gasteiger partial charge in [0.1, 0.15) is 0 Å². The van der Waals surface area contributed by atoms with Crippen LogP contribution < -0.4 is 5.73 Å². The lowest BCUT2D eigenvalue weighted by molar-refractivity contribution is -0.134. The van der Waals surface area contributed by atoms with E-state index in [0.29, 0.717) is 12.0 Å². The van der Waals surface area contributed by atoms with E-state index >= 15 is 0 Å². The third kappa shape index (κ3) is 4.28. The molecule has 1 unspecified atom stereocenters. The third-order valence-corrected chi connectivity index (χ3v) is 3.28. The van der Waals surface area contributed by atoms with Gasteiger partial charge in [0.05, 0.1) is 6.04 Å². The quantitative estimate of drug-likeness (QED) is 0.778. The maximum absolute atomic E-state index is 12.3. The van der Waals surface area contributed by atoms with E-state index in [1.54, 1.807) is 0 Å². The van der Waals surface area contributed by atoms with Crippen LogP contribution in [0.5, 0.6) is 0 Å². The number of rotatable bonds is 5. The molecule has 0 saturated carbocycles. The van der Waals surface area contributed by atoms with Crippen molar-refractivity contribution in [2.45, 2.75) is 45.2 Å². The zero-order valence-electron chi connectivity index (χ0n) is 11.6. The van der Waals surface area contributed by atoms with Gasteiger partial charge in [0.25, 0.3) is 0 Å². The molecule has 4 nitrogen and oxygen atoms in total. The predicted molar refractivity (Wildman–Crippen MR) is 70.7 cm³/mol. The lowest BCUT2D eigenvalue weighted by atomic mass is 10.0. The van der Waals surface area contributed by atoms with Crippen molar-refractivity contribution in [3.05, 3.63) is 0 Å². The van der Waals surface area contributed by atoms with Crippen LogP contribution in [0.15, 0.2) is 0 Å². The summed E-state index contributed by atoms with van der Waals surface area (Å²) in [6.45, 7) is 6.03. The molecule has 1 saturated heterocycles. The Morgan fingerprint density at radius 3 is 2.65 bits per heavy atom. The molecule has 0 aromatic rings. The highest BCUT2D eigenvalue weighted by atomic mass is 16.2. The number of likely N-dealkylation sites (N-methyl/N-ethyl adjacent to an activating group) is 1. The van der Waals surface area contributed by atoms with Crippen LogP contribution in [-0.2, 0) is 4.79 Å². The smallest absolute Gasteiger partial charge is 0.239 e. The van der Waals surface area contributed by atoms with Crippen molar-refractivity contribution in [3.8, 4) is 0 Å². The van der Waals surface area contributed by atoms with E-state index in [9.17, 15) is 4.79 Å². The van der Waals surface area contributed by atoms with E-state index in [4.69, 9.17) is 5.73 Å². The molecule has 100 valence electrons. The van der Waals surface area contributed by atoms with Gasteiger partial charge >= 0.3 is 0 Å². The van der Waals surface area contributed by atoms with Gasteiger partial charge in [0.15, 0.2) is 0 Å². The molecule has 1 amide bonds. The van der Waals surface area contributed by atoms with Gasteiger partial charge in [-0.15, -0.1) is 0 Å². The molecular formula is C13H27N3O. The second-order valence-corrected chi connectivity index (χ2v) is 5.83. The molecule has 17 heavy (non-hydrogen) atoms. The summed E-state index contributed by atoms with van der Waals surface area (Å²) in [6, 6.07) is 0.0356. The van der Waals surface area contributed by atoms with Gasteiger partial charge in [-0.2, -0.15) is 0 Å². The third-order valence-electron chi connectivity index (χ3n) is 3.28. The molecule has 1 heterocycles. The van der Waals surface area contributed by atoms with Crippen molar-refractivity contribution in [2.24, 2.45) is 11.7 Å². The second-order valence-electron chi connectivity index (χ2n) is 5.83. The van der Waals surface area contributed by atoms with Gasteiger partial charge in [-0.25, -0.2) is 0 Å². The van der Waals surface area contributed by atoms with Crippen molar-refractivity contribution >= 4 is 5.91 Å². The average Bonchev–Trinajstić information content (AvgIpc) is 2.62. The van der Waals surface area contributed by atoms with Crippen molar-refractivity contribution in [1.29, 1.82) is 0 Å². The highest BCUT2D eigenvalue weighted by Crippen LogP contribution is 2.19. The minimum absolute atomic E-state index is 0.142. The molecular weight excluding hydrogens is 214 g/mol. The average molecular weight is 241 g/mol. The number of likely N-dealkylation sites (tertiary alicyclic amines) is 1. The van der Waals surface area contributed by atoms with Crippen molar-refractivity contribution < 1.29 is 4.79 Å². The fourth-order valence-electron chi connectivity index (χ4n) is 2.56. The number of carbonyl (C=O) groups excluding carboxylic acids is 1. The number of carbonyl (C=O) groups is 1. The van der Waals surface area contributed by atoms with Gasteiger partial charge in [0, 0.05) is 19.1 Å². The Hall–Kier alpha value is -0.610. The van der Waals surface area contributed by atoms with Gasteiger partial charge in [-0.05, 0) is 39.3 Å². The molecule has 0 spiro atoms. The summed E-state index contributed by atoms with van der Waals surface area (Å²) in [5, 5.41) is 0. The standard InChI is InChI=1S/C13H27N3O/c1-10(2)8-12(14)13(17)16-7-5-6-11(16)9-15(3)4/h10-12H,5-9,14H2,1-4H3/t11?,12-/m1/s1. The number of nitrogens with zero attached hydrogens (tertiary/aromatic N) is 2. The summed E-state index contributed by atoms with van der Waals surface area (Å²) in [7, 11) is 4.10. The second kappa shape index (κ2) is 6.36. The fourth-order valence-corrected chi connectivity index (χ4v) is 2.56. The Labute approximate surface area is 105 Å². The fraction of sp³-hybridized carbons (Fsp3) is 0.923. The summed E-state index contributed by atoms with van der Waals surface area (Å²) in [6.07, 6.45) is 3.00. The Kier molecular flexibility index (Phi) is 5.40. The topological polar surface area (TPSA) is 49.6 Å². The summed E-state index contributed by atoms with van der Waals surface area (Å²) in [5.41, 5.74) is 5.99.